The second kappa shape index (κ2) is 6.92. The molecular formula is C14H25NO5. The minimum Gasteiger partial charge on any atom is -0.481 e. The van der Waals surface area contributed by atoms with Gasteiger partial charge in [0, 0.05) is 18.6 Å². The fourth-order valence-electron chi connectivity index (χ4n) is 2.37. The molecule has 1 fully saturated rings. The molecule has 20 heavy (non-hydrogen) atoms. The van der Waals surface area contributed by atoms with E-state index in [9.17, 15) is 9.59 Å². The Hall–Kier alpha value is -1.30. The second-order valence-corrected chi connectivity index (χ2v) is 6.25. The zero-order valence-corrected chi connectivity index (χ0v) is 12.6. The van der Waals surface area contributed by atoms with E-state index in [0.717, 1.165) is 12.8 Å². The maximum absolute atomic E-state index is 11.8. The van der Waals surface area contributed by atoms with Gasteiger partial charge in [-0.1, -0.05) is 0 Å². The smallest absolute Gasteiger partial charge is 0.407 e. The summed E-state index contributed by atoms with van der Waals surface area (Å²) < 4.78 is 10.8. The Kier molecular flexibility index (Phi) is 5.80. The highest BCUT2D eigenvalue weighted by molar-refractivity contribution is 5.69. The molecule has 3 atom stereocenters. The van der Waals surface area contributed by atoms with Crippen molar-refractivity contribution in [2.75, 3.05) is 6.61 Å². The number of rotatable bonds is 5. The summed E-state index contributed by atoms with van der Waals surface area (Å²) in [5, 5.41) is 11.7. The molecule has 1 rings (SSSR count). The Morgan fingerprint density at radius 2 is 2.10 bits per heavy atom. The summed E-state index contributed by atoms with van der Waals surface area (Å²) in [7, 11) is 0. The summed E-state index contributed by atoms with van der Waals surface area (Å²) in [6.45, 7) is 7.79. The molecule has 116 valence electrons. The molecule has 6 nitrogen and oxygen atoms in total. The monoisotopic (exact) mass is 287 g/mol. The molecule has 2 N–H and O–H groups in total. The maximum atomic E-state index is 11.8. The first-order valence-electron chi connectivity index (χ1n) is 7.02. The Labute approximate surface area is 119 Å². The van der Waals surface area contributed by atoms with Crippen LogP contribution in [-0.2, 0) is 14.3 Å². The number of carboxylic acids is 1. The highest BCUT2D eigenvalue weighted by Gasteiger charge is 2.33. The molecule has 0 saturated carbocycles. The quantitative estimate of drug-likeness (QED) is 0.809. The fraction of sp³-hybridized carbons (Fsp3) is 0.857. The van der Waals surface area contributed by atoms with Crippen LogP contribution in [0.25, 0.3) is 0 Å². The zero-order valence-electron chi connectivity index (χ0n) is 12.6. The number of carboxylic acid groups (broad SMARTS) is 1. The maximum Gasteiger partial charge on any atom is 0.407 e. The lowest BCUT2D eigenvalue weighted by atomic mass is 9.90. The Morgan fingerprint density at radius 3 is 2.55 bits per heavy atom. The molecule has 0 unspecified atom stereocenters. The van der Waals surface area contributed by atoms with E-state index in [2.05, 4.69) is 5.32 Å². The van der Waals surface area contributed by atoms with Gasteiger partial charge in [-0.15, -0.1) is 0 Å². The van der Waals surface area contributed by atoms with Crippen molar-refractivity contribution in [3.8, 4) is 0 Å². The van der Waals surface area contributed by atoms with Crippen LogP contribution in [0.1, 0.15) is 47.0 Å². The van der Waals surface area contributed by atoms with Crippen molar-refractivity contribution >= 4 is 12.1 Å². The minimum absolute atomic E-state index is 0.0262. The van der Waals surface area contributed by atoms with E-state index in [4.69, 9.17) is 14.6 Å². The van der Waals surface area contributed by atoms with Crippen molar-refractivity contribution in [2.45, 2.75) is 64.7 Å². The van der Waals surface area contributed by atoms with Gasteiger partial charge >= 0.3 is 12.1 Å². The van der Waals surface area contributed by atoms with E-state index >= 15 is 0 Å². The highest BCUT2D eigenvalue weighted by Crippen LogP contribution is 2.26. The lowest BCUT2D eigenvalue weighted by Gasteiger charge is -2.29. The van der Waals surface area contributed by atoms with Gasteiger partial charge in [-0.2, -0.15) is 0 Å². The largest absolute Gasteiger partial charge is 0.481 e. The molecule has 0 aromatic carbocycles. The molecule has 0 bridgehead atoms. The number of amides is 1. The van der Waals surface area contributed by atoms with E-state index < -0.39 is 17.7 Å². The minimum atomic E-state index is -0.886. The van der Waals surface area contributed by atoms with Gasteiger partial charge in [0.1, 0.15) is 5.60 Å². The number of nitrogens with one attached hydrogen (secondary N) is 1. The van der Waals surface area contributed by atoms with Crippen LogP contribution in [0.5, 0.6) is 0 Å². The van der Waals surface area contributed by atoms with E-state index in [0.29, 0.717) is 6.61 Å². The third-order valence-electron chi connectivity index (χ3n) is 3.24. The highest BCUT2D eigenvalue weighted by atomic mass is 16.6. The van der Waals surface area contributed by atoms with Crippen LogP contribution in [0.3, 0.4) is 0 Å². The summed E-state index contributed by atoms with van der Waals surface area (Å²) in [4.78, 5) is 22.7. The lowest BCUT2D eigenvalue weighted by Crippen LogP contribution is -2.45. The normalized spacial score (nSPS) is 22.1. The van der Waals surface area contributed by atoms with E-state index in [1.165, 1.54) is 0 Å². The van der Waals surface area contributed by atoms with Crippen molar-refractivity contribution in [1.82, 2.24) is 5.32 Å². The van der Waals surface area contributed by atoms with Gasteiger partial charge in [0.25, 0.3) is 0 Å². The predicted molar refractivity (Wildman–Crippen MR) is 73.5 cm³/mol. The Morgan fingerprint density at radius 1 is 1.45 bits per heavy atom. The zero-order chi connectivity index (χ0) is 15.3. The molecule has 0 aliphatic carbocycles. The number of aliphatic carboxylic acids is 1. The van der Waals surface area contributed by atoms with Crippen molar-refractivity contribution in [1.29, 1.82) is 0 Å². The summed E-state index contributed by atoms with van der Waals surface area (Å²) in [5.74, 6) is -1.13. The molecule has 1 amide bonds. The van der Waals surface area contributed by atoms with Crippen molar-refractivity contribution in [3.05, 3.63) is 0 Å². The molecule has 1 heterocycles. The van der Waals surface area contributed by atoms with Crippen molar-refractivity contribution in [2.24, 2.45) is 5.92 Å². The summed E-state index contributed by atoms with van der Waals surface area (Å²) in [6.07, 6.45) is 1.09. The van der Waals surface area contributed by atoms with E-state index in [1.807, 2.05) is 0 Å². The number of carbonyl (C=O) groups excluding carboxylic acids is 1. The first-order chi connectivity index (χ1) is 9.19. The Bertz CT molecular complexity index is 344. The molecular weight excluding hydrogens is 262 g/mol. The molecule has 0 aromatic rings. The van der Waals surface area contributed by atoms with Crippen molar-refractivity contribution < 1.29 is 24.2 Å². The average Bonchev–Trinajstić information content (AvgIpc) is 2.75. The van der Waals surface area contributed by atoms with Crippen LogP contribution in [0.2, 0.25) is 0 Å². The number of ether oxygens (including phenoxy) is 2. The number of hydrogen-bond acceptors (Lipinski definition) is 4. The number of alkyl carbamates (subject to hydrolysis) is 1. The number of carbonyl (C=O) groups is 2. The molecule has 6 heteroatoms. The second-order valence-electron chi connectivity index (χ2n) is 6.25. The fourth-order valence-corrected chi connectivity index (χ4v) is 2.37. The van der Waals surface area contributed by atoms with Crippen LogP contribution < -0.4 is 5.32 Å². The van der Waals surface area contributed by atoms with Crippen molar-refractivity contribution in [3.63, 3.8) is 0 Å². The topological polar surface area (TPSA) is 84.9 Å². The van der Waals surface area contributed by atoms with Crippen LogP contribution >= 0.6 is 0 Å². The summed E-state index contributed by atoms with van der Waals surface area (Å²) in [6, 6.07) is -0.316. The van der Waals surface area contributed by atoms with Crippen LogP contribution in [0, 0.1) is 5.92 Å². The molecule has 0 spiro atoms. The molecule has 1 aliphatic rings. The molecule has 1 aliphatic heterocycles. The van der Waals surface area contributed by atoms with Crippen LogP contribution in [-0.4, -0.2) is 41.5 Å². The molecule has 0 aromatic heterocycles. The van der Waals surface area contributed by atoms with E-state index in [1.54, 1.807) is 27.7 Å². The van der Waals surface area contributed by atoms with Crippen LogP contribution in [0.15, 0.2) is 0 Å². The first-order valence-corrected chi connectivity index (χ1v) is 7.02. The third-order valence-corrected chi connectivity index (χ3v) is 3.24. The molecule has 0 radical (unpaired) electrons. The molecule has 1 saturated heterocycles. The predicted octanol–water partition coefficient (Wildman–Crippen LogP) is 2.17. The van der Waals surface area contributed by atoms with Gasteiger partial charge in [0.15, 0.2) is 0 Å². The number of hydrogen-bond donors (Lipinski definition) is 2. The average molecular weight is 287 g/mol. The lowest BCUT2D eigenvalue weighted by molar-refractivity contribution is -0.139. The third kappa shape index (κ3) is 5.77. The van der Waals surface area contributed by atoms with E-state index in [-0.39, 0.29) is 24.5 Å². The van der Waals surface area contributed by atoms with Gasteiger partial charge in [0.2, 0.25) is 0 Å². The standard InChI is InChI=1S/C14H25NO5/c1-9(15-13(18)20-14(2,3)4)10(8-12(16)17)11-6-5-7-19-11/h9-11H,5-8H2,1-4H3,(H,15,18)(H,16,17)/t9-,10+,11-/m0/s1. The van der Waals surface area contributed by atoms with Gasteiger partial charge in [-0.3, -0.25) is 4.79 Å². The van der Waals surface area contributed by atoms with Gasteiger partial charge in [0.05, 0.1) is 12.5 Å². The SMILES string of the molecule is C[C@H](NC(=O)OC(C)(C)C)[C@@H](CC(=O)O)[C@@H]1CCCO1. The van der Waals surface area contributed by atoms with Gasteiger partial charge in [-0.05, 0) is 40.5 Å². The Balaban J connectivity index is 2.60. The van der Waals surface area contributed by atoms with Gasteiger partial charge < -0.3 is 19.9 Å². The first kappa shape index (κ1) is 16.8. The van der Waals surface area contributed by atoms with Crippen LogP contribution in [0.4, 0.5) is 4.79 Å². The summed E-state index contributed by atoms with van der Waals surface area (Å²) in [5.41, 5.74) is -0.573. The van der Waals surface area contributed by atoms with Gasteiger partial charge in [-0.25, -0.2) is 4.79 Å². The summed E-state index contributed by atoms with van der Waals surface area (Å²) >= 11 is 0.